The topological polar surface area (TPSA) is 60.5 Å². The van der Waals surface area contributed by atoms with E-state index in [2.05, 4.69) is 26.2 Å². The summed E-state index contributed by atoms with van der Waals surface area (Å²) in [5.74, 6) is 0.843. The van der Waals surface area contributed by atoms with E-state index in [1.54, 1.807) is 25.4 Å². The molecular weight excluding hydrogens is 384 g/mol. The number of nitrogens with zero attached hydrogens (tertiary/aromatic N) is 1. The zero-order valence-electron chi connectivity index (χ0n) is 13.9. The van der Waals surface area contributed by atoms with Crippen LogP contribution in [0.5, 0.6) is 11.5 Å². The van der Waals surface area contributed by atoms with Crippen LogP contribution in [0.3, 0.4) is 0 Å². The molecule has 3 aromatic rings. The molecule has 1 heterocycles. The van der Waals surface area contributed by atoms with Gasteiger partial charge in [-0.05, 0) is 59.3 Å². The maximum absolute atomic E-state index is 12.7. The molecule has 1 N–H and O–H groups in total. The van der Waals surface area contributed by atoms with Crippen molar-refractivity contribution in [3.05, 3.63) is 58.7 Å². The van der Waals surface area contributed by atoms with E-state index < -0.39 is 0 Å². The lowest BCUT2D eigenvalue weighted by Crippen LogP contribution is -2.13. The van der Waals surface area contributed by atoms with Gasteiger partial charge in [-0.25, -0.2) is 0 Å². The van der Waals surface area contributed by atoms with E-state index in [1.807, 2.05) is 37.3 Å². The van der Waals surface area contributed by atoms with E-state index in [4.69, 9.17) is 9.47 Å². The third kappa shape index (κ3) is 3.58. The van der Waals surface area contributed by atoms with Crippen LogP contribution in [0, 0.1) is 0 Å². The number of hydrogen-bond donors (Lipinski definition) is 1. The molecule has 0 radical (unpaired) electrons. The third-order valence-electron chi connectivity index (χ3n) is 3.67. The van der Waals surface area contributed by atoms with Crippen LogP contribution in [0.2, 0.25) is 0 Å². The summed E-state index contributed by atoms with van der Waals surface area (Å²) in [5, 5.41) is 3.82. The molecule has 5 nitrogen and oxygen atoms in total. The van der Waals surface area contributed by atoms with Crippen LogP contribution in [0.4, 0.5) is 5.69 Å². The largest absolute Gasteiger partial charge is 0.493 e. The molecule has 6 heteroatoms. The van der Waals surface area contributed by atoms with Crippen molar-refractivity contribution in [1.29, 1.82) is 0 Å². The molecule has 0 fully saturated rings. The van der Waals surface area contributed by atoms with Crippen LogP contribution in [0.25, 0.3) is 10.9 Å². The van der Waals surface area contributed by atoms with Crippen molar-refractivity contribution in [2.24, 2.45) is 0 Å². The number of methoxy groups -OCH3 is 1. The number of fused-ring (bicyclic) bond motifs is 1. The van der Waals surface area contributed by atoms with Crippen molar-refractivity contribution < 1.29 is 14.3 Å². The number of halogens is 1. The maximum Gasteiger partial charge on any atom is 0.255 e. The van der Waals surface area contributed by atoms with E-state index in [0.29, 0.717) is 33.8 Å². The Kier molecular flexibility index (Phi) is 5.19. The van der Waals surface area contributed by atoms with Gasteiger partial charge in [0.2, 0.25) is 0 Å². The minimum Gasteiger partial charge on any atom is -0.493 e. The number of hydrogen-bond acceptors (Lipinski definition) is 4. The van der Waals surface area contributed by atoms with Crippen LogP contribution in [-0.4, -0.2) is 24.6 Å². The first-order valence-corrected chi connectivity index (χ1v) is 8.58. The van der Waals surface area contributed by atoms with Crippen molar-refractivity contribution in [3.8, 4) is 11.5 Å². The zero-order chi connectivity index (χ0) is 17.8. The number of amides is 1. The summed E-state index contributed by atoms with van der Waals surface area (Å²) in [6.45, 7) is 2.39. The maximum atomic E-state index is 12.7. The van der Waals surface area contributed by atoms with Gasteiger partial charge in [-0.3, -0.25) is 9.78 Å². The van der Waals surface area contributed by atoms with E-state index >= 15 is 0 Å². The van der Waals surface area contributed by atoms with Crippen molar-refractivity contribution in [2.75, 3.05) is 19.0 Å². The Morgan fingerprint density at radius 2 is 2.08 bits per heavy atom. The molecule has 0 aliphatic carbocycles. The zero-order valence-corrected chi connectivity index (χ0v) is 15.5. The molecule has 0 bridgehead atoms. The Morgan fingerprint density at radius 3 is 2.84 bits per heavy atom. The van der Waals surface area contributed by atoms with Gasteiger partial charge < -0.3 is 14.8 Å². The smallest absolute Gasteiger partial charge is 0.255 e. The highest BCUT2D eigenvalue weighted by atomic mass is 79.9. The molecule has 3 rings (SSSR count). The lowest BCUT2D eigenvalue weighted by atomic mass is 10.1. The second-order valence-electron chi connectivity index (χ2n) is 5.25. The number of aromatic nitrogens is 1. The number of pyridine rings is 1. The second kappa shape index (κ2) is 7.53. The molecule has 0 saturated carbocycles. The first-order valence-electron chi connectivity index (χ1n) is 7.79. The van der Waals surface area contributed by atoms with Gasteiger partial charge in [-0.15, -0.1) is 0 Å². The molecule has 1 aromatic heterocycles. The molecule has 1 amide bonds. The number of anilines is 1. The highest BCUT2D eigenvalue weighted by molar-refractivity contribution is 9.10. The van der Waals surface area contributed by atoms with Gasteiger partial charge >= 0.3 is 0 Å². The Hall–Kier alpha value is -2.60. The molecule has 128 valence electrons. The summed E-state index contributed by atoms with van der Waals surface area (Å²) in [4.78, 5) is 17.0. The molecule has 0 spiro atoms. The monoisotopic (exact) mass is 400 g/mol. The summed E-state index contributed by atoms with van der Waals surface area (Å²) in [6, 6.07) is 12.8. The van der Waals surface area contributed by atoms with Crippen molar-refractivity contribution in [3.63, 3.8) is 0 Å². The normalized spacial score (nSPS) is 10.5. The summed E-state index contributed by atoms with van der Waals surface area (Å²) in [5.41, 5.74) is 2.00. The fraction of sp³-hybridized carbons (Fsp3) is 0.158. The summed E-state index contributed by atoms with van der Waals surface area (Å²) < 4.78 is 11.6. The number of benzene rings is 2. The standard InChI is InChI=1S/C19H17BrN2O3/c1-3-25-18-14(20)10-12(11-17(18)24-2)19(23)22-16-8-4-7-15-13(16)6-5-9-21-15/h4-11H,3H2,1-2H3,(H,22,23). The van der Waals surface area contributed by atoms with E-state index in [9.17, 15) is 4.79 Å². The van der Waals surface area contributed by atoms with Gasteiger partial charge in [0, 0.05) is 17.1 Å². The average Bonchev–Trinajstić information content (AvgIpc) is 2.63. The molecule has 0 atom stereocenters. The predicted octanol–water partition coefficient (Wildman–Crippen LogP) is 4.66. The molecular formula is C19H17BrN2O3. The van der Waals surface area contributed by atoms with Crippen LogP contribution >= 0.6 is 15.9 Å². The molecule has 0 aliphatic heterocycles. The molecule has 0 aliphatic rings. The van der Waals surface area contributed by atoms with Gasteiger partial charge in [0.25, 0.3) is 5.91 Å². The third-order valence-corrected chi connectivity index (χ3v) is 4.26. The number of carbonyl (C=O) groups excluding carboxylic acids is 1. The Morgan fingerprint density at radius 1 is 1.24 bits per heavy atom. The molecule has 0 saturated heterocycles. The van der Waals surface area contributed by atoms with E-state index in [-0.39, 0.29) is 5.91 Å². The minimum atomic E-state index is -0.238. The highest BCUT2D eigenvalue weighted by Crippen LogP contribution is 2.37. The van der Waals surface area contributed by atoms with Crippen molar-refractivity contribution in [2.45, 2.75) is 6.92 Å². The Bertz CT molecular complexity index is 922. The van der Waals surface area contributed by atoms with Gasteiger partial charge in [0.1, 0.15) is 0 Å². The molecule has 0 unspecified atom stereocenters. The summed E-state index contributed by atoms with van der Waals surface area (Å²) in [7, 11) is 1.54. The van der Waals surface area contributed by atoms with Crippen molar-refractivity contribution >= 4 is 38.4 Å². The minimum absolute atomic E-state index is 0.238. The number of rotatable bonds is 5. The fourth-order valence-corrected chi connectivity index (χ4v) is 3.10. The highest BCUT2D eigenvalue weighted by Gasteiger charge is 2.16. The van der Waals surface area contributed by atoms with Crippen LogP contribution < -0.4 is 14.8 Å². The lowest BCUT2D eigenvalue weighted by Gasteiger charge is -2.14. The van der Waals surface area contributed by atoms with Gasteiger partial charge in [-0.2, -0.15) is 0 Å². The van der Waals surface area contributed by atoms with Crippen LogP contribution in [0.15, 0.2) is 53.1 Å². The predicted molar refractivity (Wildman–Crippen MR) is 102 cm³/mol. The van der Waals surface area contributed by atoms with Crippen LogP contribution in [-0.2, 0) is 0 Å². The Balaban J connectivity index is 1.94. The van der Waals surface area contributed by atoms with Crippen molar-refractivity contribution in [1.82, 2.24) is 4.98 Å². The van der Waals surface area contributed by atoms with Gasteiger partial charge in [-0.1, -0.05) is 6.07 Å². The second-order valence-corrected chi connectivity index (χ2v) is 6.11. The van der Waals surface area contributed by atoms with Crippen LogP contribution in [0.1, 0.15) is 17.3 Å². The average molecular weight is 401 g/mol. The van der Waals surface area contributed by atoms with Gasteiger partial charge in [0.05, 0.1) is 29.4 Å². The van der Waals surface area contributed by atoms with E-state index in [1.165, 1.54) is 0 Å². The SMILES string of the molecule is CCOc1c(Br)cc(C(=O)Nc2cccc3ncccc23)cc1OC. The number of ether oxygens (including phenoxy) is 2. The lowest BCUT2D eigenvalue weighted by molar-refractivity contribution is 0.102. The summed E-state index contributed by atoms with van der Waals surface area (Å²) >= 11 is 3.44. The van der Waals surface area contributed by atoms with E-state index in [0.717, 1.165) is 10.9 Å². The first-order chi connectivity index (χ1) is 12.1. The summed E-state index contributed by atoms with van der Waals surface area (Å²) in [6.07, 6.45) is 1.72. The van der Waals surface area contributed by atoms with Gasteiger partial charge in [0.15, 0.2) is 11.5 Å². The molecule has 25 heavy (non-hydrogen) atoms. The quantitative estimate of drug-likeness (QED) is 0.676. The number of nitrogens with one attached hydrogen (secondary N) is 1. The first kappa shape index (κ1) is 17.2. The Labute approximate surface area is 154 Å². The number of carbonyl (C=O) groups is 1. The fourth-order valence-electron chi connectivity index (χ4n) is 2.54. The molecule has 2 aromatic carbocycles.